The number of hydrogen-bond acceptors (Lipinski definition) is 6. The van der Waals surface area contributed by atoms with Crippen LogP contribution < -0.4 is 14.4 Å². The predicted molar refractivity (Wildman–Crippen MR) is 170 cm³/mol. The van der Waals surface area contributed by atoms with Crippen LogP contribution in [0, 0.1) is 6.92 Å². The standard InChI is InChI=1S/C33H30N4O5S/c1-19-10-12-20(13-11-19)31-30(32(38)34-2)25-16-23(28(17-29(25)42-31)37(3)43(5,39)40)24-14-22(18-35-33(24)41-4)27-15-21-8-6-7-9-26(21)36-27/h6-18,36H,1-5H3,(H,34,38). The number of amides is 1. The van der Waals surface area contributed by atoms with Crippen LogP contribution in [0.25, 0.3) is 55.6 Å². The lowest BCUT2D eigenvalue weighted by atomic mass is 9.97. The van der Waals surface area contributed by atoms with E-state index in [-0.39, 0.29) is 5.91 Å². The Morgan fingerprint density at radius 2 is 1.74 bits per heavy atom. The number of benzene rings is 3. The lowest BCUT2D eigenvalue weighted by Gasteiger charge is -2.21. The zero-order valence-corrected chi connectivity index (χ0v) is 25.2. The topological polar surface area (TPSA) is 118 Å². The summed E-state index contributed by atoms with van der Waals surface area (Å²) in [6.07, 6.45) is 2.84. The number of aromatic nitrogens is 2. The fourth-order valence-corrected chi connectivity index (χ4v) is 5.74. The number of carbonyl (C=O) groups is 1. The maximum absolute atomic E-state index is 13.3. The minimum atomic E-state index is -3.69. The van der Waals surface area contributed by atoms with Gasteiger partial charge < -0.3 is 19.5 Å². The van der Waals surface area contributed by atoms with Crippen LogP contribution in [-0.4, -0.2) is 51.8 Å². The van der Waals surface area contributed by atoms with E-state index in [4.69, 9.17) is 9.15 Å². The largest absolute Gasteiger partial charge is 0.481 e. The van der Waals surface area contributed by atoms with E-state index in [1.165, 1.54) is 18.5 Å². The number of H-pyrrole nitrogens is 1. The van der Waals surface area contributed by atoms with Crippen molar-refractivity contribution in [2.45, 2.75) is 6.92 Å². The molecule has 0 saturated heterocycles. The minimum Gasteiger partial charge on any atom is -0.481 e. The van der Waals surface area contributed by atoms with E-state index < -0.39 is 10.0 Å². The Bertz CT molecular complexity index is 2100. The second-order valence-electron chi connectivity index (χ2n) is 10.4. The summed E-state index contributed by atoms with van der Waals surface area (Å²) in [6.45, 7) is 1.98. The molecular formula is C33H30N4O5S. The van der Waals surface area contributed by atoms with Crippen molar-refractivity contribution in [1.29, 1.82) is 0 Å². The van der Waals surface area contributed by atoms with E-state index in [0.29, 0.717) is 45.0 Å². The Hall–Kier alpha value is -5.09. The lowest BCUT2D eigenvalue weighted by Crippen LogP contribution is -2.25. The molecule has 0 bridgehead atoms. The molecule has 0 fully saturated rings. The number of para-hydroxylation sites is 1. The van der Waals surface area contributed by atoms with Crippen molar-refractivity contribution in [3.8, 4) is 39.6 Å². The highest BCUT2D eigenvalue weighted by molar-refractivity contribution is 7.92. The van der Waals surface area contributed by atoms with Gasteiger partial charge in [-0.05, 0) is 31.2 Å². The smallest absolute Gasteiger partial charge is 0.255 e. The highest BCUT2D eigenvalue weighted by Crippen LogP contribution is 2.44. The third-order valence-corrected chi connectivity index (χ3v) is 8.78. The number of nitrogens with one attached hydrogen (secondary N) is 2. The number of fused-ring (bicyclic) bond motifs is 2. The molecule has 0 aliphatic carbocycles. The fraction of sp³-hybridized carbons (Fsp3) is 0.152. The van der Waals surface area contributed by atoms with Crippen molar-refractivity contribution in [2.75, 3.05) is 31.8 Å². The number of furan rings is 1. The zero-order chi connectivity index (χ0) is 30.5. The second-order valence-corrected chi connectivity index (χ2v) is 12.4. The van der Waals surface area contributed by atoms with Gasteiger partial charge >= 0.3 is 0 Å². The van der Waals surface area contributed by atoms with E-state index in [2.05, 4.69) is 15.3 Å². The number of aryl methyl sites for hydroxylation is 1. The number of methoxy groups -OCH3 is 1. The molecule has 218 valence electrons. The number of anilines is 1. The molecule has 6 aromatic rings. The quantitative estimate of drug-likeness (QED) is 0.221. The monoisotopic (exact) mass is 594 g/mol. The van der Waals surface area contributed by atoms with E-state index in [1.54, 1.807) is 25.4 Å². The number of hydrogen-bond donors (Lipinski definition) is 2. The van der Waals surface area contributed by atoms with Gasteiger partial charge in [0, 0.05) is 70.6 Å². The highest BCUT2D eigenvalue weighted by Gasteiger charge is 2.27. The normalized spacial score (nSPS) is 11.7. The molecule has 3 aromatic heterocycles. The van der Waals surface area contributed by atoms with Gasteiger partial charge in [0.25, 0.3) is 5.91 Å². The average Bonchev–Trinajstić information content (AvgIpc) is 3.61. The molecule has 0 saturated carbocycles. The van der Waals surface area contributed by atoms with Gasteiger partial charge in [0.15, 0.2) is 0 Å². The molecule has 0 unspecified atom stereocenters. The first-order chi connectivity index (χ1) is 20.6. The molecule has 0 atom stereocenters. The maximum Gasteiger partial charge on any atom is 0.255 e. The summed E-state index contributed by atoms with van der Waals surface area (Å²) in [5.74, 6) is 0.351. The summed E-state index contributed by atoms with van der Waals surface area (Å²) in [5.41, 5.74) is 6.48. The molecule has 2 N–H and O–H groups in total. The SMILES string of the molecule is CNC(=O)c1c(-c2ccc(C)cc2)oc2cc(N(C)S(C)(=O)=O)c(-c3cc(-c4cc5ccccc5[nH]4)cnc3OC)cc12. The molecule has 6 rings (SSSR count). The van der Waals surface area contributed by atoms with E-state index in [9.17, 15) is 13.2 Å². The number of sulfonamides is 1. The summed E-state index contributed by atoms with van der Waals surface area (Å²) < 4.78 is 38.9. The predicted octanol–water partition coefficient (Wildman–Crippen LogP) is 6.38. The Labute approximate surface area is 249 Å². The van der Waals surface area contributed by atoms with Crippen molar-refractivity contribution in [3.05, 3.63) is 90.1 Å². The molecule has 3 aromatic carbocycles. The number of aromatic amines is 1. The molecule has 0 spiro atoms. The summed E-state index contributed by atoms with van der Waals surface area (Å²) in [6, 6.07) is 23.0. The van der Waals surface area contributed by atoms with Crippen LogP contribution in [0.5, 0.6) is 5.88 Å². The van der Waals surface area contributed by atoms with Crippen molar-refractivity contribution >= 4 is 43.5 Å². The molecule has 0 radical (unpaired) electrons. The van der Waals surface area contributed by atoms with Crippen LogP contribution in [0.1, 0.15) is 15.9 Å². The van der Waals surface area contributed by atoms with Crippen LogP contribution in [-0.2, 0) is 10.0 Å². The fourth-order valence-electron chi connectivity index (χ4n) is 5.23. The van der Waals surface area contributed by atoms with Crippen molar-refractivity contribution in [1.82, 2.24) is 15.3 Å². The van der Waals surface area contributed by atoms with Gasteiger partial charge in [-0.25, -0.2) is 13.4 Å². The number of nitrogens with zero attached hydrogens (tertiary/aromatic N) is 2. The molecule has 0 aliphatic rings. The minimum absolute atomic E-state index is 0.297. The van der Waals surface area contributed by atoms with Gasteiger partial charge in [-0.2, -0.15) is 0 Å². The van der Waals surface area contributed by atoms with Crippen LogP contribution in [0.15, 0.2) is 83.4 Å². The molecule has 9 nitrogen and oxygen atoms in total. The Kier molecular flexibility index (Phi) is 6.94. The first-order valence-corrected chi connectivity index (χ1v) is 15.4. The van der Waals surface area contributed by atoms with Crippen LogP contribution in [0.4, 0.5) is 5.69 Å². The van der Waals surface area contributed by atoms with Gasteiger partial charge in [0.05, 0.1) is 24.6 Å². The Balaban J connectivity index is 1.65. The van der Waals surface area contributed by atoms with E-state index in [1.807, 2.05) is 67.6 Å². The van der Waals surface area contributed by atoms with Gasteiger partial charge in [-0.15, -0.1) is 0 Å². The van der Waals surface area contributed by atoms with E-state index >= 15 is 0 Å². The van der Waals surface area contributed by atoms with Gasteiger partial charge in [0.1, 0.15) is 11.3 Å². The first-order valence-electron chi connectivity index (χ1n) is 13.5. The van der Waals surface area contributed by atoms with Crippen LogP contribution in [0.3, 0.4) is 0 Å². The van der Waals surface area contributed by atoms with E-state index in [0.717, 1.165) is 39.5 Å². The Morgan fingerprint density at radius 3 is 2.42 bits per heavy atom. The second kappa shape index (κ2) is 10.6. The number of rotatable bonds is 7. The highest BCUT2D eigenvalue weighted by atomic mass is 32.2. The van der Waals surface area contributed by atoms with Crippen molar-refractivity contribution in [3.63, 3.8) is 0 Å². The first kappa shape index (κ1) is 28.0. The average molecular weight is 595 g/mol. The number of carbonyl (C=O) groups excluding carboxylic acids is 1. The lowest BCUT2D eigenvalue weighted by molar-refractivity contribution is 0.0964. The third kappa shape index (κ3) is 4.99. The van der Waals surface area contributed by atoms with Crippen LogP contribution >= 0.6 is 0 Å². The van der Waals surface area contributed by atoms with Gasteiger partial charge in [-0.1, -0.05) is 48.0 Å². The number of pyridine rings is 1. The molecule has 0 aliphatic heterocycles. The maximum atomic E-state index is 13.3. The molecular weight excluding hydrogens is 564 g/mol. The zero-order valence-electron chi connectivity index (χ0n) is 24.3. The summed E-state index contributed by atoms with van der Waals surface area (Å²) in [4.78, 5) is 21.3. The molecule has 43 heavy (non-hydrogen) atoms. The summed E-state index contributed by atoms with van der Waals surface area (Å²) in [7, 11) is 0.856. The van der Waals surface area contributed by atoms with Gasteiger partial charge in [0.2, 0.25) is 15.9 Å². The Morgan fingerprint density at radius 1 is 1.00 bits per heavy atom. The summed E-state index contributed by atoms with van der Waals surface area (Å²) >= 11 is 0. The van der Waals surface area contributed by atoms with Crippen molar-refractivity contribution in [2.24, 2.45) is 0 Å². The molecule has 3 heterocycles. The third-order valence-electron chi connectivity index (χ3n) is 7.59. The van der Waals surface area contributed by atoms with Crippen molar-refractivity contribution < 1.29 is 22.4 Å². The summed E-state index contributed by atoms with van der Waals surface area (Å²) in [5, 5.41) is 4.29. The molecule has 10 heteroatoms. The van der Waals surface area contributed by atoms with Gasteiger partial charge in [-0.3, -0.25) is 9.10 Å². The van der Waals surface area contributed by atoms with Crippen LogP contribution in [0.2, 0.25) is 0 Å². The molecule has 1 amide bonds. The number of ether oxygens (including phenoxy) is 1.